The van der Waals surface area contributed by atoms with E-state index in [0.717, 1.165) is 42.6 Å². The minimum absolute atomic E-state index is 0.0400. The number of hydrogen-bond acceptors (Lipinski definition) is 8. The van der Waals surface area contributed by atoms with Gasteiger partial charge < -0.3 is 15.0 Å². The van der Waals surface area contributed by atoms with Gasteiger partial charge in [-0.05, 0) is 53.8 Å². The van der Waals surface area contributed by atoms with Crippen LogP contribution in [0.2, 0.25) is 0 Å². The monoisotopic (exact) mass is 473 g/mol. The fourth-order valence-electron chi connectivity index (χ4n) is 3.16. The number of amides is 1. The summed E-state index contributed by atoms with van der Waals surface area (Å²) < 4.78 is 26.2. The standard InChI is InChI=1S/C22H26N4O4S2/c1-2-3-4-5-6-7-21(28)23-19-13-16(9-11-20(19)27)24-25-22-17-12-15(14-32(29)30)8-10-18(17)26-31-22/h8-13,27H,2-7,14H2,1H3,(H,23,28)(H,29,30)/p-1. The first-order valence-corrected chi connectivity index (χ1v) is 12.5. The van der Waals surface area contributed by atoms with Gasteiger partial charge in [0.15, 0.2) is 5.00 Å². The number of unbranched alkanes of at least 4 members (excludes halogenated alkanes) is 4. The van der Waals surface area contributed by atoms with E-state index in [0.29, 0.717) is 28.2 Å². The van der Waals surface area contributed by atoms with Crippen molar-refractivity contribution < 1.29 is 18.7 Å². The van der Waals surface area contributed by atoms with Crippen LogP contribution < -0.4 is 5.32 Å². The third kappa shape index (κ3) is 6.91. The summed E-state index contributed by atoms with van der Waals surface area (Å²) in [5.41, 5.74) is 2.10. The second kappa shape index (κ2) is 11.8. The molecule has 0 fully saturated rings. The number of aromatic nitrogens is 1. The van der Waals surface area contributed by atoms with Crippen molar-refractivity contribution >= 4 is 55.8 Å². The van der Waals surface area contributed by atoms with Crippen molar-refractivity contribution in [3.05, 3.63) is 42.0 Å². The van der Waals surface area contributed by atoms with Crippen LogP contribution in [0.3, 0.4) is 0 Å². The molecule has 3 aromatic rings. The number of nitrogens with one attached hydrogen (secondary N) is 1. The number of aromatic hydroxyl groups is 1. The van der Waals surface area contributed by atoms with Gasteiger partial charge in [-0.15, -0.1) is 10.2 Å². The zero-order chi connectivity index (χ0) is 22.9. The molecule has 8 nitrogen and oxygen atoms in total. The Morgan fingerprint density at radius 1 is 1.16 bits per heavy atom. The quantitative estimate of drug-likeness (QED) is 0.151. The molecule has 0 spiro atoms. The van der Waals surface area contributed by atoms with E-state index in [2.05, 4.69) is 26.8 Å². The molecule has 1 heterocycles. The van der Waals surface area contributed by atoms with Crippen LogP contribution in [-0.2, 0) is 21.6 Å². The fraction of sp³-hybridized carbons (Fsp3) is 0.364. The number of phenols is 1. The zero-order valence-corrected chi connectivity index (χ0v) is 19.4. The Hall–Kier alpha value is -2.69. The van der Waals surface area contributed by atoms with Crippen LogP contribution in [0.5, 0.6) is 5.75 Å². The molecule has 0 aliphatic rings. The zero-order valence-electron chi connectivity index (χ0n) is 17.7. The van der Waals surface area contributed by atoms with E-state index in [9.17, 15) is 18.7 Å². The average Bonchev–Trinajstić information content (AvgIpc) is 3.16. The molecule has 1 amide bonds. The molecule has 0 saturated carbocycles. The number of fused-ring (bicyclic) bond motifs is 1. The maximum absolute atomic E-state index is 12.2. The Morgan fingerprint density at radius 3 is 2.75 bits per heavy atom. The molecule has 170 valence electrons. The Balaban J connectivity index is 1.69. The molecule has 1 atom stereocenters. The van der Waals surface area contributed by atoms with Crippen LogP contribution in [0.1, 0.15) is 51.0 Å². The van der Waals surface area contributed by atoms with Gasteiger partial charge in [0, 0.05) is 17.6 Å². The lowest BCUT2D eigenvalue weighted by Crippen LogP contribution is -2.11. The number of benzene rings is 2. The number of rotatable bonds is 11. The molecular formula is C22H25N4O4S2-. The Bertz CT molecular complexity index is 1130. The van der Waals surface area contributed by atoms with E-state index in [1.807, 2.05) is 0 Å². The van der Waals surface area contributed by atoms with Crippen LogP contribution in [0.25, 0.3) is 10.9 Å². The average molecular weight is 474 g/mol. The topological polar surface area (TPSA) is 127 Å². The fourth-order valence-corrected chi connectivity index (χ4v) is 4.30. The van der Waals surface area contributed by atoms with Gasteiger partial charge in [-0.25, -0.2) is 0 Å². The van der Waals surface area contributed by atoms with E-state index in [4.69, 9.17) is 0 Å². The normalized spacial score (nSPS) is 12.4. The smallest absolute Gasteiger partial charge is 0.224 e. The molecule has 1 unspecified atom stereocenters. The van der Waals surface area contributed by atoms with Crippen LogP contribution >= 0.6 is 11.5 Å². The van der Waals surface area contributed by atoms with Gasteiger partial charge in [0.25, 0.3) is 0 Å². The van der Waals surface area contributed by atoms with Gasteiger partial charge in [-0.2, -0.15) is 4.37 Å². The number of azo groups is 1. The first-order valence-electron chi connectivity index (χ1n) is 10.4. The van der Waals surface area contributed by atoms with Gasteiger partial charge in [-0.1, -0.05) is 49.8 Å². The first-order chi connectivity index (χ1) is 15.5. The van der Waals surface area contributed by atoms with Crippen LogP contribution in [0, 0.1) is 0 Å². The lowest BCUT2D eigenvalue weighted by molar-refractivity contribution is -0.116. The molecule has 0 bridgehead atoms. The highest BCUT2D eigenvalue weighted by molar-refractivity contribution is 7.78. The van der Waals surface area contributed by atoms with Crippen molar-refractivity contribution in [1.82, 2.24) is 4.37 Å². The van der Waals surface area contributed by atoms with Crippen LogP contribution in [0.4, 0.5) is 16.4 Å². The Kier molecular flexibility index (Phi) is 8.83. The van der Waals surface area contributed by atoms with E-state index < -0.39 is 11.1 Å². The minimum Gasteiger partial charge on any atom is -0.772 e. The van der Waals surface area contributed by atoms with Crippen LogP contribution in [0.15, 0.2) is 46.6 Å². The van der Waals surface area contributed by atoms with Gasteiger partial charge in [-0.3, -0.25) is 9.00 Å². The summed E-state index contributed by atoms with van der Waals surface area (Å²) in [4.78, 5) is 12.2. The molecular weight excluding hydrogens is 448 g/mol. The molecule has 32 heavy (non-hydrogen) atoms. The molecule has 0 radical (unpaired) electrons. The number of nitrogens with zero attached hydrogens (tertiary/aromatic N) is 3. The second-order valence-corrected chi connectivity index (χ2v) is 9.05. The third-order valence-corrected chi connectivity index (χ3v) is 6.16. The predicted octanol–water partition coefficient (Wildman–Crippen LogP) is 6.10. The van der Waals surface area contributed by atoms with Crippen molar-refractivity contribution in [3.8, 4) is 5.75 Å². The highest BCUT2D eigenvalue weighted by Crippen LogP contribution is 2.34. The number of carbonyl (C=O) groups is 1. The predicted molar refractivity (Wildman–Crippen MR) is 127 cm³/mol. The van der Waals surface area contributed by atoms with Crippen molar-refractivity contribution in [2.75, 3.05) is 5.32 Å². The molecule has 0 aliphatic carbocycles. The highest BCUT2D eigenvalue weighted by Gasteiger charge is 2.09. The van der Waals surface area contributed by atoms with Gasteiger partial charge in [0.1, 0.15) is 5.75 Å². The molecule has 3 rings (SSSR count). The SMILES string of the molecule is CCCCCCCC(=O)Nc1cc(N=Nc2snc3ccc(CS(=O)[O-])cc23)ccc1O. The molecule has 2 aromatic carbocycles. The first kappa shape index (κ1) is 24.0. The molecule has 2 N–H and O–H groups in total. The molecule has 0 saturated heterocycles. The van der Waals surface area contributed by atoms with Gasteiger partial charge in [0.2, 0.25) is 5.91 Å². The minimum atomic E-state index is -2.18. The summed E-state index contributed by atoms with van der Waals surface area (Å²) in [6, 6.07) is 9.82. The summed E-state index contributed by atoms with van der Waals surface area (Å²) in [6.45, 7) is 2.15. The van der Waals surface area contributed by atoms with E-state index >= 15 is 0 Å². The van der Waals surface area contributed by atoms with Crippen molar-refractivity contribution in [1.29, 1.82) is 0 Å². The third-order valence-electron chi connectivity index (χ3n) is 4.82. The maximum atomic E-state index is 12.2. The lowest BCUT2D eigenvalue weighted by atomic mass is 10.1. The number of hydrogen-bond donors (Lipinski definition) is 2. The summed E-state index contributed by atoms with van der Waals surface area (Å²) in [7, 11) is 0. The van der Waals surface area contributed by atoms with E-state index in [-0.39, 0.29) is 23.1 Å². The largest absolute Gasteiger partial charge is 0.772 e. The number of carbonyl (C=O) groups excluding carboxylic acids is 1. The molecule has 10 heteroatoms. The Morgan fingerprint density at radius 2 is 1.97 bits per heavy atom. The second-order valence-electron chi connectivity index (χ2n) is 7.40. The molecule has 0 aliphatic heterocycles. The van der Waals surface area contributed by atoms with Crippen molar-refractivity contribution in [2.24, 2.45) is 10.2 Å². The van der Waals surface area contributed by atoms with E-state index in [1.54, 1.807) is 30.3 Å². The summed E-state index contributed by atoms with van der Waals surface area (Å²) >= 11 is -1.02. The van der Waals surface area contributed by atoms with Crippen molar-refractivity contribution in [3.63, 3.8) is 0 Å². The number of anilines is 1. The van der Waals surface area contributed by atoms with Gasteiger partial charge in [0.05, 0.1) is 16.9 Å². The van der Waals surface area contributed by atoms with Gasteiger partial charge >= 0.3 is 0 Å². The highest BCUT2D eigenvalue weighted by atomic mass is 32.2. The summed E-state index contributed by atoms with van der Waals surface area (Å²) in [5, 5.41) is 22.5. The number of phenolic OH excluding ortho intramolecular Hbond substituents is 1. The van der Waals surface area contributed by atoms with E-state index in [1.165, 1.54) is 12.5 Å². The van der Waals surface area contributed by atoms with Crippen molar-refractivity contribution in [2.45, 2.75) is 51.2 Å². The lowest BCUT2D eigenvalue weighted by Gasteiger charge is -2.08. The summed E-state index contributed by atoms with van der Waals surface area (Å²) in [5.74, 6) is -0.272. The van der Waals surface area contributed by atoms with Crippen LogP contribution in [-0.4, -0.2) is 24.1 Å². The Labute approximate surface area is 193 Å². The summed E-state index contributed by atoms with van der Waals surface area (Å²) in [6.07, 6.45) is 5.67. The maximum Gasteiger partial charge on any atom is 0.224 e. The molecule has 1 aromatic heterocycles.